The first-order valence-electron chi connectivity index (χ1n) is 9.23. The first-order valence-corrected chi connectivity index (χ1v) is 10.0. The predicted octanol–water partition coefficient (Wildman–Crippen LogP) is 3.14. The fourth-order valence-corrected chi connectivity index (χ4v) is 4.08. The second kappa shape index (κ2) is 8.43. The Balaban J connectivity index is 1.79. The summed E-state index contributed by atoms with van der Waals surface area (Å²) in [7, 11) is 0. The number of halogens is 1. The van der Waals surface area contributed by atoms with Crippen molar-refractivity contribution in [2.75, 3.05) is 39.3 Å². The van der Waals surface area contributed by atoms with Crippen LogP contribution in [-0.4, -0.2) is 58.6 Å². The van der Waals surface area contributed by atoms with E-state index >= 15 is 0 Å². The van der Waals surface area contributed by atoms with Gasteiger partial charge in [0.1, 0.15) is 4.60 Å². The maximum absolute atomic E-state index is 12.2. The number of aromatic nitrogens is 2. The normalized spacial score (nSPS) is 19.0. The van der Waals surface area contributed by atoms with Crippen molar-refractivity contribution in [1.82, 2.24) is 19.4 Å². The molecule has 136 valence electrons. The summed E-state index contributed by atoms with van der Waals surface area (Å²) in [5.41, 5.74) is 0.995. The minimum atomic E-state index is 0.0588. The van der Waals surface area contributed by atoms with Gasteiger partial charge >= 0.3 is 0 Å². The Kier molecular flexibility index (Phi) is 6.25. The number of pyridine rings is 2. The van der Waals surface area contributed by atoms with Crippen LogP contribution < -0.4 is 5.43 Å². The van der Waals surface area contributed by atoms with Crippen LogP contribution in [0.5, 0.6) is 0 Å². The van der Waals surface area contributed by atoms with Gasteiger partial charge in [0.25, 0.3) is 0 Å². The summed E-state index contributed by atoms with van der Waals surface area (Å²) in [5.74, 6) is 0. The van der Waals surface area contributed by atoms with Gasteiger partial charge in [0.2, 0.25) is 0 Å². The minimum absolute atomic E-state index is 0.0588. The largest absolute Gasteiger partial charge is 0.342 e. The van der Waals surface area contributed by atoms with Gasteiger partial charge in [0, 0.05) is 43.3 Å². The zero-order valence-corrected chi connectivity index (χ0v) is 16.7. The number of rotatable bonds is 6. The maximum Gasteiger partial charge on any atom is 0.189 e. The van der Waals surface area contributed by atoms with Crippen molar-refractivity contribution in [1.29, 1.82) is 0 Å². The molecule has 25 heavy (non-hydrogen) atoms. The van der Waals surface area contributed by atoms with Crippen LogP contribution in [0.1, 0.15) is 32.7 Å². The van der Waals surface area contributed by atoms with Gasteiger partial charge in [-0.1, -0.05) is 13.8 Å². The third-order valence-corrected chi connectivity index (χ3v) is 5.71. The molecule has 0 aliphatic carbocycles. The molecular formula is C19H27BrN4O. The lowest BCUT2D eigenvalue weighted by atomic mass is 10.0. The number of likely N-dealkylation sites (N-methyl/N-ethyl adjacent to an activating group) is 1. The van der Waals surface area contributed by atoms with Crippen molar-refractivity contribution in [2.24, 2.45) is 0 Å². The molecule has 1 unspecified atom stereocenters. The van der Waals surface area contributed by atoms with E-state index in [0.717, 1.165) is 50.0 Å². The molecule has 3 heterocycles. The van der Waals surface area contributed by atoms with E-state index in [1.54, 1.807) is 6.07 Å². The second-order valence-corrected chi connectivity index (χ2v) is 7.55. The van der Waals surface area contributed by atoms with E-state index in [4.69, 9.17) is 0 Å². The Morgan fingerprint density at radius 2 is 2.16 bits per heavy atom. The third kappa shape index (κ3) is 4.30. The summed E-state index contributed by atoms with van der Waals surface area (Å²) in [4.78, 5) is 21.6. The van der Waals surface area contributed by atoms with Crippen molar-refractivity contribution in [3.63, 3.8) is 0 Å². The third-order valence-electron chi connectivity index (χ3n) is 5.28. The SMILES string of the molecule is CCN(CC)CCN1CCCC(n2ccc(=O)c3cc(Br)ncc32)C1. The quantitative estimate of drug-likeness (QED) is 0.690. The highest BCUT2D eigenvalue weighted by Gasteiger charge is 2.22. The fraction of sp³-hybridized carbons (Fsp3) is 0.579. The molecule has 0 radical (unpaired) electrons. The fourth-order valence-electron chi connectivity index (χ4n) is 3.75. The van der Waals surface area contributed by atoms with Crippen LogP contribution in [0.2, 0.25) is 0 Å². The van der Waals surface area contributed by atoms with Crippen molar-refractivity contribution in [3.05, 3.63) is 39.4 Å². The average molecular weight is 407 g/mol. The molecule has 1 atom stereocenters. The highest BCUT2D eigenvalue weighted by molar-refractivity contribution is 9.10. The first kappa shape index (κ1) is 18.5. The number of hydrogen-bond acceptors (Lipinski definition) is 4. The van der Waals surface area contributed by atoms with E-state index in [-0.39, 0.29) is 5.43 Å². The minimum Gasteiger partial charge on any atom is -0.342 e. The van der Waals surface area contributed by atoms with Gasteiger partial charge < -0.3 is 14.4 Å². The van der Waals surface area contributed by atoms with E-state index in [2.05, 4.69) is 49.1 Å². The molecule has 5 nitrogen and oxygen atoms in total. The zero-order chi connectivity index (χ0) is 17.8. The Morgan fingerprint density at radius 3 is 2.92 bits per heavy atom. The lowest BCUT2D eigenvalue weighted by molar-refractivity contribution is 0.155. The first-order chi connectivity index (χ1) is 12.1. The average Bonchev–Trinajstić information content (AvgIpc) is 2.63. The molecule has 1 aliphatic rings. The van der Waals surface area contributed by atoms with Crippen molar-refractivity contribution in [2.45, 2.75) is 32.7 Å². The summed E-state index contributed by atoms with van der Waals surface area (Å²) in [6.45, 7) is 11.1. The summed E-state index contributed by atoms with van der Waals surface area (Å²) in [6.07, 6.45) is 6.10. The summed E-state index contributed by atoms with van der Waals surface area (Å²) >= 11 is 3.37. The van der Waals surface area contributed by atoms with Gasteiger partial charge in [-0.15, -0.1) is 0 Å². The van der Waals surface area contributed by atoms with Crippen molar-refractivity contribution in [3.8, 4) is 0 Å². The van der Waals surface area contributed by atoms with Crippen LogP contribution in [0.3, 0.4) is 0 Å². The molecule has 6 heteroatoms. The topological polar surface area (TPSA) is 41.4 Å². The monoisotopic (exact) mass is 406 g/mol. The molecule has 0 bridgehead atoms. The molecule has 0 aromatic carbocycles. The molecule has 2 aromatic rings. The van der Waals surface area contributed by atoms with Gasteiger partial charge in [-0.05, 0) is 54.5 Å². The molecule has 2 aromatic heterocycles. The summed E-state index contributed by atoms with van der Waals surface area (Å²) in [6, 6.07) is 3.91. The number of hydrogen-bond donors (Lipinski definition) is 0. The lowest BCUT2D eigenvalue weighted by Gasteiger charge is -2.35. The molecule has 0 amide bonds. The zero-order valence-electron chi connectivity index (χ0n) is 15.1. The highest BCUT2D eigenvalue weighted by Crippen LogP contribution is 2.25. The number of likely N-dealkylation sites (tertiary alicyclic amines) is 1. The van der Waals surface area contributed by atoms with Gasteiger partial charge in [-0.25, -0.2) is 4.98 Å². The van der Waals surface area contributed by atoms with E-state index in [1.807, 2.05) is 18.5 Å². The van der Waals surface area contributed by atoms with Crippen LogP contribution in [0.15, 0.2) is 33.9 Å². The predicted molar refractivity (Wildman–Crippen MR) is 106 cm³/mol. The maximum atomic E-state index is 12.2. The summed E-state index contributed by atoms with van der Waals surface area (Å²) in [5, 5.41) is 0.740. The lowest BCUT2D eigenvalue weighted by Crippen LogP contribution is -2.41. The van der Waals surface area contributed by atoms with Crippen LogP contribution in [0, 0.1) is 0 Å². The van der Waals surface area contributed by atoms with E-state index < -0.39 is 0 Å². The van der Waals surface area contributed by atoms with Crippen molar-refractivity contribution >= 4 is 26.8 Å². The molecule has 1 saturated heterocycles. The Bertz CT molecular complexity index is 772. The van der Waals surface area contributed by atoms with Crippen LogP contribution in [0.4, 0.5) is 0 Å². The molecule has 0 saturated carbocycles. The molecule has 0 spiro atoms. The van der Waals surface area contributed by atoms with Crippen LogP contribution >= 0.6 is 15.9 Å². The molecule has 0 N–H and O–H groups in total. The number of fused-ring (bicyclic) bond motifs is 1. The number of piperidine rings is 1. The smallest absolute Gasteiger partial charge is 0.189 e. The van der Waals surface area contributed by atoms with Gasteiger partial charge in [0.15, 0.2) is 5.43 Å². The van der Waals surface area contributed by atoms with Crippen LogP contribution in [-0.2, 0) is 0 Å². The summed E-state index contributed by atoms with van der Waals surface area (Å²) < 4.78 is 2.96. The van der Waals surface area contributed by atoms with Gasteiger partial charge in [-0.2, -0.15) is 0 Å². The molecule has 1 aliphatic heterocycles. The highest BCUT2D eigenvalue weighted by atomic mass is 79.9. The van der Waals surface area contributed by atoms with Gasteiger partial charge in [0.05, 0.1) is 11.7 Å². The number of nitrogens with zero attached hydrogens (tertiary/aromatic N) is 4. The van der Waals surface area contributed by atoms with E-state index in [9.17, 15) is 4.79 Å². The molecular weight excluding hydrogens is 380 g/mol. The van der Waals surface area contributed by atoms with Gasteiger partial charge in [-0.3, -0.25) is 4.79 Å². The molecule has 1 fully saturated rings. The Labute approximate surface area is 157 Å². The van der Waals surface area contributed by atoms with E-state index in [0.29, 0.717) is 10.6 Å². The molecule has 3 rings (SSSR count). The Hall–Kier alpha value is -1.24. The van der Waals surface area contributed by atoms with E-state index in [1.165, 1.54) is 13.0 Å². The second-order valence-electron chi connectivity index (χ2n) is 6.73. The van der Waals surface area contributed by atoms with Crippen LogP contribution in [0.25, 0.3) is 10.9 Å². The Morgan fingerprint density at radius 1 is 1.36 bits per heavy atom. The van der Waals surface area contributed by atoms with Crippen molar-refractivity contribution < 1.29 is 0 Å². The standard InChI is InChI=1S/C19H27BrN4O/c1-3-22(4-2)10-11-23-8-5-6-15(14-23)24-9-7-18(25)16-12-19(20)21-13-17(16)24/h7,9,12-13,15H,3-6,8,10-11,14H2,1-2H3.